The molecule has 5 heterocycles. The van der Waals surface area contributed by atoms with Gasteiger partial charge in [-0.15, -0.1) is 0 Å². The van der Waals surface area contributed by atoms with E-state index in [4.69, 9.17) is 46.2 Å². The number of nitrogens with one attached hydrogen (secondary N) is 3. The minimum absolute atomic E-state index is 0.0560. The fourth-order valence-electron chi connectivity index (χ4n) is 11.3. The number of aliphatic hydroxyl groups is 1. The lowest BCUT2D eigenvalue weighted by Crippen LogP contribution is -2.50. The number of methoxy groups -OCH3 is 1. The summed E-state index contributed by atoms with van der Waals surface area (Å²) in [6.07, 6.45) is 9.39. The van der Waals surface area contributed by atoms with Gasteiger partial charge >= 0.3 is 6.01 Å². The first-order valence-electron chi connectivity index (χ1n) is 27.6. The first-order chi connectivity index (χ1) is 38.7. The zero-order valence-electron chi connectivity index (χ0n) is 46.2. The van der Waals surface area contributed by atoms with Crippen molar-refractivity contribution in [3.8, 4) is 34.0 Å². The molecule has 7 atom stereocenters. The normalized spacial score (nSPS) is 19.7. The third-order valence-corrected chi connectivity index (χ3v) is 16.3. The van der Waals surface area contributed by atoms with Gasteiger partial charge in [-0.25, -0.2) is 4.39 Å². The number of hydrazone groups is 1. The minimum Gasteiger partial charge on any atom is -0.486 e. The number of halogens is 1. The predicted octanol–water partition coefficient (Wildman–Crippen LogP) is 7.79. The van der Waals surface area contributed by atoms with Crippen LogP contribution in [0.4, 0.5) is 15.9 Å². The molecule has 1 saturated carbocycles. The van der Waals surface area contributed by atoms with Crippen LogP contribution in [0, 0.1) is 24.1 Å². The van der Waals surface area contributed by atoms with E-state index in [0.29, 0.717) is 70.2 Å². The molecule has 3 saturated heterocycles. The molecule has 2 amide bonds. The fraction of sp³-hybridized carbons (Fsp3) is 0.410. The van der Waals surface area contributed by atoms with E-state index < -0.39 is 30.0 Å². The third kappa shape index (κ3) is 11.3. The number of carbonyl (C=O) groups excluding carboxylic acids is 2. The Bertz CT molecular complexity index is 3320. The summed E-state index contributed by atoms with van der Waals surface area (Å²) >= 11 is 0. The number of nitrogens with two attached hydrogens (primary N) is 2. The molecule has 18 nitrogen and oxygen atoms in total. The van der Waals surface area contributed by atoms with Gasteiger partial charge in [-0.3, -0.25) is 19.6 Å². The fourth-order valence-corrected chi connectivity index (χ4v) is 11.3. The van der Waals surface area contributed by atoms with Gasteiger partial charge in [0.25, 0.3) is 0 Å². The van der Waals surface area contributed by atoms with Crippen molar-refractivity contribution in [2.24, 2.45) is 21.9 Å². The topological polar surface area (TPSA) is 252 Å². The van der Waals surface area contributed by atoms with E-state index in [1.54, 1.807) is 31.3 Å². The third-order valence-electron chi connectivity index (χ3n) is 16.3. The van der Waals surface area contributed by atoms with Crippen LogP contribution in [-0.2, 0) is 20.9 Å². The Kier molecular flexibility index (Phi) is 16.5. The highest BCUT2D eigenvalue weighted by Crippen LogP contribution is 2.53. The maximum Gasteiger partial charge on any atom is 0.319 e. The van der Waals surface area contributed by atoms with Gasteiger partial charge in [0, 0.05) is 90.8 Å². The molecule has 8 N–H and O–H groups in total. The van der Waals surface area contributed by atoms with Gasteiger partial charge in [-0.05, 0) is 116 Å². The molecule has 3 aliphatic heterocycles. The maximum absolute atomic E-state index is 16.0. The van der Waals surface area contributed by atoms with Gasteiger partial charge in [0.05, 0.1) is 25.0 Å². The summed E-state index contributed by atoms with van der Waals surface area (Å²) in [5.41, 5.74) is 14.3. The van der Waals surface area contributed by atoms with Crippen LogP contribution in [0.1, 0.15) is 105 Å². The van der Waals surface area contributed by atoms with Crippen molar-refractivity contribution in [3.63, 3.8) is 0 Å². The van der Waals surface area contributed by atoms with Crippen LogP contribution in [0.15, 0.2) is 95.3 Å². The van der Waals surface area contributed by atoms with Gasteiger partial charge in [0.1, 0.15) is 47.7 Å². The van der Waals surface area contributed by atoms with Crippen LogP contribution in [-0.4, -0.2) is 125 Å². The zero-order chi connectivity index (χ0) is 56.4. The molecule has 4 fully saturated rings. The molecule has 1 aliphatic carbocycles. The Labute approximate surface area is 465 Å². The van der Waals surface area contributed by atoms with Crippen LogP contribution in [0.5, 0.6) is 11.8 Å². The molecule has 0 spiro atoms. The molecule has 418 valence electrons. The number of aliphatic hydroxyl groups excluding tert-OH is 1. The minimum atomic E-state index is -0.846. The van der Waals surface area contributed by atoms with Crippen LogP contribution in [0.2, 0.25) is 0 Å². The number of carbonyl (C=O) groups is 2. The number of ether oxygens (including phenoxy) is 3. The Morgan fingerprint density at radius 2 is 1.79 bits per heavy atom. The Morgan fingerprint density at radius 1 is 1.01 bits per heavy atom. The summed E-state index contributed by atoms with van der Waals surface area (Å²) in [6.45, 7) is 11.0. The number of rotatable bonds is 21. The average molecular weight is 1090 g/mol. The largest absolute Gasteiger partial charge is 0.486 e. The Hall–Kier alpha value is -7.87. The van der Waals surface area contributed by atoms with Crippen molar-refractivity contribution < 1.29 is 33.3 Å². The maximum atomic E-state index is 16.0. The lowest BCUT2D eigenvalue weighted by molar-refractivity contribution is -0.140. The number of fused-ring (bicyclic) bond motifs is 3. The first kappa shape index (κ1) is 55.4. The number of pyridine rings is 1. The van der Waals surface area contributed by atoms with Crippen molar-refractivity contribution in [2.45, 2.75) is 122 Å². The Balaban J connectivity index is 0.920. The molecule has 0 radical (unpaired) electrons. The summed E-state index contributed by atoms with van der Waals surface area (Å²) < 4.78 is 35.1. The number of piperazine rings is 1. The second-order valence-corrected chi connectivity index (χ2v) is 21.9. The molecular formula is C61H71FN12O6. The molecular weight excluding hydrogens is 1020 g/mol. The highest BCUT2D eigenvalue weighted by atomic mass is 19.1. The number of hydrogen-bond acceptors (Lipinski definition) is 16. The molecule has 0 unspecified atom stereocenters. The molecule has 2 aromatic heterocycles. The number of nitrogens with zero attached hydrogens (tertiary/aromatic N) is 7. The summed E-state index contributed by atoms with van der Waals surface area (Å²) in [4.78, 5) is 51.4. The van der Waals surface area contributed by atoms with Gasteiger partial charge in [0.15, 0.2) is 5.75 Å². The summed E-state index contributed by atoms with van der Waals surface area (Å²) in [6, 6.07) is 20.7. The number of benzene rings is 4. The predicted molar refractivity (Wildman–Crippen MR) is 309 cm³/mol. The summed E-state index contributed by atoms with van der Waals surface area (Å²) in [7, 11) is 1.63. The van der Waals surface area contributed by atoms with E-state index in [2.05, 4.69) is 31.7 Å². The van der Waals surface area contributed by atoms with E-state index in [1.807, 2.05) is 88.4 Å². The van der Waals surface area contributed by atoms with Crippen molar-refractivity contribution in [1.82, 2.24) is 30.5 Å². The number of amides is 2. The van der Waals surface area contributed by atoms with E-state index >= 15 is 4.39 Å². The van der Waals surface area contributed by atoms with E-state index in [9.17, 15) is 14.7 Å². The van der Waals surface area contributed by atoms with E-state index in [1.165, 1.54) is 18.5 Å². The van der Waals surface area contributed by atoms with Gasteiger partial charge in [-0.1, -0.05) is 68.4 Å². The monoisotopic (exact) mass is 1090 g/mol. The highest BCUT2D eigenvalue weighted by molar-refractivity contribution is 6.38. The van der Waals surface area contributed by atoms with Crippen molar-refractivity contribution in [3.05, 3.63) is 124 Å². The highest BCUT2D eigenvalue weighted by Gasteiger charge is 2.42. The van der Waals surface area contributed by atoms with Crippen molar-refractivity contribution in [2.75, 3.05) is 44.0 Å². The average Bonchev–Trinajstić information content (AvgIpc) is 3.31. The number of aliphatic imine (C=N–C) groups is 1. The van der Waals surface area contributed by atoms with Crippen LogP contribution in [0.3, 0.4) is 0 Å². The quantitative estimate of drug-likeness (QED) is 0.0174. The molecule has 6 aromatic rings. The smallest absolute Gasteiger partial charge is 0.319 e. The van der Waals surface area contributed by atoms with Crippen molar-refractivity contribution >= 4 is 52.4 Å². The number of likely N-dealkylation sites (tertiary alicyclic amines) is 1. The molecule has 4 aliphatic rings. The van der Waals surface area contributed by atoms with E-state index in [0.717, 1.165) is 71.4 Å². The molecule has 4 aromatic carbocycles. The number of aromatic nitrogens is 3. The lowest BCUT2D eigenvalue weighted by Gasteiger charge is -2.31. The van der Waals surface area contributed by atoms with Gasteiger partial charge < -0.3 is 56.7 Å². The van der Waals surface area contributed by atoms with E-state index in [-0.39, 0.29) is 60.7 Å². The second kappa shape index (κ2) is 23.8. The summed E-state index contributed by atoms with van der Waals surface area (Å²) in [5.74, 6) is 5.92. The number of nitrogen functional groups attached to an aromatic ring is 1. The number of hydrogen-bond donors (Lipinski definition) is 6. The Morgan fingerprint density at radius 3 is 2.42 bits per heavy atom. The van der Waals surface area contributed by atoms with Gasteiger partial charge in [0.2, 0.25) is 11.8 Å². The molecule has 80 heavy (non-hydrogen) atoms. The molecule has 10 rings (SSSR count). The zero-order valence-corrected chi connectivity index (χ0v) is 46.2. The van der Waals surface area contributed by atoms with Crippen LogP contribution < -0.4 is 36.6 Å². The van der Waals surface area contributed by atoms with Crippen LogP contribution >= 0.6 is 0 Å². The SMILES string of the molecule is CO[C@H](C)[C@@H](C)Oc1nc(N2C[C@@H]3C[C@H]2CN3)c2cc(C3CC3)c(-c3c(C)c(F)cc(N)c3C=N)c(OCc3ccc(/C(C=N[C@H](C(=O)N4CCC[C@H]4C(=O)N[C@@H](CO)c4ccc(-c5cccnc5)cc4)C(C)C)=N/N)cc3)c2n1. The summed E-state index contributed by atoms with van der Waals surface area (Å²) in [5, 5.41) is 30.4. The molecule has 2 bridgehead atoms. The number of anilines is 2. The standard InChI is InChI=1S/C61H71FN12O6/c1-33(2)55(60(77)73-22-8-10-52(73)59(76)69-51(31-75)41-19-15-38(16-20-41)42-9-7-21-66-27-42)68-29-50(72-65)40-13-11-37(12-14-40)32-79-57-54(53-34(3)48(62)25-49(64)47(53)26-63)45(39-17-18-39)24-46-56(57)70-61(80-36(5)35(4)78-6)71-58(46)74-30-43-23-44(74)28-67-43/h7,9,11-16,19-21,24-27,29,33,35-36,39,43-44,51-52,55,63,67,75H,8,10,17-18,22-23,28,30-32,64-65H2,1-6H3,(H,69,76)/b63-26?,68-29?,72-50+/t35-,36-,43+,44+,51+,52+,55+/m1/s1. The molecule has 19 heteroatoms. The second-order valence-electron chi connectivity index (χ2n) is 21.9. The lowest BCUT2D eigenvalue weighted by atomic mass is 9.87. The van der Waals surface area contributed by atoms with Crippen molar-refractivity contribution in [1.29, 1.82) is 5.41 Å². The van der Waals surface area contributed by atoms with Gasteiger partial charge in [-0.2, -0.15) is 15.1 Å². The first-order valence-corrected chi connectivity index (χ1v) is 27.6. The van der Waals surface area contributed by atoms with Crippen LogP contribution in [0.25, 0.3) is 33.2 Å².